The second-order valence-electron chi connectivity index (χ2n) is 3.20. The van der Waals surface area contributed by atoms with Gasteiger partial charge in [0.05, 0.1) is 0 Å². The van der Waals surface area contributed by atoms with E-state index < -0.39 is 5.97 Å². The first-order valence-corrected chi connectivity index (χ1v) is 4.93. The second kappa shape index (κ2) is 5.98. The summed E-state index contributed by atoms with van der Waals surface area (Å²) in [6, 6.07) is 7.80. The Kier molecular flexibility index (Phi) is 4.57. The first-order chi connectivity index (χ1) is 7.22. The minimum Gasteiger partial charge on any atom is -0.478 e. The van der Waals surface area contributed by atoms with Crippen molar-refractivity contribution >= 4 is 12.0 Å². The van der Waals surface area contributed by atoms with Crippen molar-refractivity contribution in [1.82, 2.24) is 5.32 Å². The van der Waals surface area contributed by atoms with Crippen molar-refractivity contribution in [3.8, 4) is 0 Å². The van der Waals surface area contributed by atoms with Crippen LogP contribution in [-0.2, 0) is 11.3 Å². The van der Waals surface area contributed by atoms with Crippen LogP contribution in [0.3, 0.4) is 0 Å². The summed E-state index contributed by atoms with van der Waals surface area (Å²) in [6.07, 6.45) is 2.74. The van der Waals surface area contributed by atoms with Gasteiger partial charge in [0.1, 0.15) is 0 Å². The summed E-state index contributed by atoms with van der Waals surface area (Å²) >= 11 is 0. The number of rotatable bonds is 5. The molecule has 0 saturated carbocycles. The van der Waals surface area contributed by atoms with Crippen LogP contribution in [0.4, 0.5) is 0 Å². The number of hydrogen-bond acceptors (Lipinski definition) is 2. The predicted octanol–water partition coefficient (Wildman–Crippen LogP) is 1.89. The molecule has 0 bridgehead atoms. The Bertz CT molecular complexity index is 358. The maximum atomic E-state index is 10.3. The van der Waals surface area contributed by atoms with Crippen molar-refractivity contribution in [2.24, 2.45) is 0 Å². The number of carboxylic acids is 1. The van der Waals surface area contributed by atoms with Gasteiger partial charge in [0.2, 0.25) is 0 Å². The Labute approximate surface area is 89.4 Å². The molecule has 2 N–H and O–H groups in total. The van der Waals surface area contributed by atoms with Gasteiger partial charge in [-0.15, -0.1) is 0 Å². The molecule has 0 aromatic heterocycles. The van der Waals surface area contributed by atoms with Gasteiger partial charge in [-0.05, 0) is 23.7 Å². The summed E-state index contributed by atoms with van der Waals surface area (Å²) in [4.78, 5) is 10.3. The van der Waals surface area contributed by atoms with E-state index in [2.05, 4.69) is 5.32 Å². The Morgan fingerprint density at radius 2 is 2.33 bits per heavy atom. The van der Waals surface area contributed by atoms with E-state index in [0.29, 0.717) is 0 Å². The summed E-state index contributed by atoms with van der Waals surface area (Å²) in [5.41, 5.74) is 2.07. The van der Waals surface area contributed by atoms with E-state index in [4.69, 9.17) is 5.11 Å². The molecule has 0 aliphatic heterocycles. The van der Waals surface area contributed by atoms with Crippen molar-refractivity contribution in [3.05, 3.63) is 41.5 Å². The molecular weight excluding hydrogens is 190 g/mol. The normalized spacial score (nSPS) is 10.7. The molecule has 1 aromatic rings. The minimum atomic E-state index is -0.924. The molecule has 3 heteroatoms. The molecule has 0 fully saturated rings. The van der Waals surface area contributed by atoms with Crippen LogP contribution < -0.4 is 5.32 Å². The number of benzene rings is 1. The average molecular weight is 205 g/mol. The van der Waals surface area contributed by atoms with Gasteiger partial charge in [0, 0.05) is 12.6 Å². The molecule has 80 valence electrons. The van der Waals surface area contributed by atoms with Crippen molar-refractivity contribution in [3.63, 3.8) is 0 Å². The molecule has 3 nitrogen and oxygen atoms in total. The van der Waals surface area contributed by atoms with E-state index in [-0.39, 0.29) is 0 Å². The SMILES string of the molecule is CCNCc1cccc(C=CC(=O)O)c1. The van der Waals surface area contributed by atoms with Crippen molar-refractivity contribution in [2.45, 2.75) is 13.5 Å². The summed E-state index contributed by atoms with van der Waals surface area (Å²) in [7, 11) is 0. The van der Waals surface area contributed by atoms with Gasteiger partial charge in [-0.3, -0.25) is 0 Å². The lowest BCUT2D eigenvalue weighted by Crippen LogP contribution is -2.11. The fourth-order valence-corrected chi connectivity index (χ4v) is 1.24. The molecule has 0 radical (unpaired) electrons. The van der Waals surface area contributed by atoms with Crippen LogP contribution in [0.15, 0.2) is 30.3 Å². The van der Waals surface area contributed by atoms with Gasteiger partial charge >= 0.3 is 5.97 Å². The van der Waals surface area contributed by atoms with Gasteiger partial charge < -0.3 is 10.4 Å². The third kappa shape index (κ3) is 4.42. The molecule has 15 heavy (non-hydrogen) atoms. The Hall–Kier alpha value is -1.61. The highest BCUT2D eigenvalue weighted by atomic mass is 16.4. The van der Waals surface area contributed by atoms with Crippen LogP contribution in [0.5, 0.6) is 0 Å². The Balaban J connectivity index is 2.69. The quantitative estimate of drug-likeness (QED) is 0.722. The highest BCUT2D eigenvalue weighted by molar-refractivity contribution is 5.85. The highest BCUT2D eigenvalue weighted by Crippen LogP contribution is 2.06. The van der Waals surface area contributed by atoms with E-state index in [1.165, 1.54) is 0 Å². The van der Waals surface area contributed by atoms with Gasteiger partial charge in [-0.1, -0.05) is 31.2 Å². The second-order valence-corrected chi connectivity index (χ2v) is 3.20. The van der Waals surface area contributed by atoms with E-state index in [1.54, 1.807) is 6.08 Å². The largest absolute Gasteiger partial charge is 0.478 e. The van der Waals surface area contributed by atoms with Crippen molar-refractivity contribution < 1.29 is 9.90 Å². The maximum Gasteiger partial charge on any atom is 0.328 e. The smallest absolute Gasteiger partial charge is 0.328 e. The lowest BCUT2D eigenvalue weighted by molar-refractivity contribution is -0.131. The standard InChI is InChI=1S/C12H15NO2/c1-2-13-9-11-5-3-4-10(8-11)6-7-12(14)15/h3-8,13H,2,9H2,1H3,(H,14,15). The summed E-state index contributed by atoms with van der Waals surface area (Å²) in [5.74, 6) is -0.924. The van der Waals surface area contributed by atoms with E-state index in [9.17, 15) is 4.79 Å². The third-order valence-electron chi connectivity index (χ3n) is 1.95. The third-order valence-corrected chi connectivity index (χ3v) is 1.95. The molecule has 0 unspecified atom stereocenters. The van der Waals surface area contributed by atoms with Crippen LogP contribution in [-0.4, -0.2) is 17.6 Å². The summed E-state index contributed by atoms with van der Waals surface area (Å²) < 4.78 is 0. The van der Waals surface area contributed by atoms with Crippen LogP contribution in [0.25, 0.3) is 6.08 Å². The molecule has 1 rings (SSSR count). The number of carboxylic acid groups (broad SMARTS) is 1. The molecule has 0 atom stereocenters. The zero-order chi connectivity index (χ0) is 11.1. The Morgan fingerprint density at radius 1 is 1.53 bits per heavy atom. The molecule has 0 aliphatic rings. The zero-order valence-electron chi connectivity index (χ0n) is 8.73. The lowest BCUT2D eigenvalue weighted by atomic mass is 10.1. The van der Waals surface area contributed by atoms with Gasteiger partial charge in [-0.25, -0.2) is 4.79 Å². The van der Waals surface area contributed by atoms with Crippen LogP contribution >= 0.6 is 0 Å². The minimum absolute atomic E-state index is 0.811. The highest BCUT2D eigenvalue weighted by Gasteiger charge is 1.93. The van der Waals surface area contributed by atoms with Crippen LogP contribution in [0.1, 0.15) is 18.1 Å². The molecule has 0 spiro atoms. The number of carbonyl (C=O) groups is 1. The first-order valence-electron chi connectivity index (χ1n) is 4.93. The fourth-order valence-electron chi connectivity index (χ4n) is 1.24. The lowest BCUT2D eigenvalue weighted by Gasteiger charge is -2.02. The number of hydrogen-bond donors (Lipinski definition) is 2. The monoisotopic (exact) mass is 205 g/mol. The molecule has 0 saturated heterocycles. The van der Waals surface area contributed by atoms with Crippen molar-refractivity contribution in [1.29, 1.82) is 0 Å². The topological polar surface area (TPSA) is 49.3 Å². The predicted molar refractivity (Wildman–Crippen MR) is 60.5 cm³/mol. The van der Waals surface area contributed by atoms with Gasteiger partial charge in [-0.2, -0.15) is 0 Å². The van der Waals surface area contributed by atoms with E-state index in [1.807, 2.05) is 31.2 Å². The maximum absolute atomic E-state index is 10.3. The first kappa shape index (κ1) is 11.5. The van der Waals surface area contributed by atoms with Crippen LogP contribution in [0, 0.1) is 0 Å². The molecule has 0 heterocycles. The van der Waals surface area contributed by atoms with E-state index >= 15 is 0 Å². The molecule has 0 amide bonds. The molecule has 1 aromatic carbocycles. The number of nitrogens with one attached hydrogen (secondary N) is 1. The summed E-state index contributed by atoms with van der Waals surface area (Å²) in [5, 5.41) is 11.7. The fraction of sp³-hybridized carbons (Fsp3) is 0.250. The zero-order valence-corrected chi connectivity index (χ0v) is 8.73. The molecule has 0 aliphatic carbocycles. The number of aliphatic carboxylic acids is 1. The van der Waals surface area contributed by atoms with Crippen molar-refractivity contribution in [2.75, 3.05) is 6.54 Å². The average Bonchev–Trinajstić information content (AvgIpc) is 2.24. The van der Waals surface area contributed by atoms with Gasteiger partial charge in [0.25, 0.3) is 0 Å². The molecular formula is C12H15NO2. The Morgan fingerprint density at radius 3 is 3.00 bits per heavy atom. The van der Waals surface area contributed by atoms with E-state index in [0.717, 1.165) is 30.3 Å². The van der Waals surface area contributed by atoms with Gasteiger partial charge in [0.15, 0.2) is 0 Å². The van der Waals surface area contributed by atoms with Crippen LogP contribution in [0.2, 0.25) is 0 Å². The summed E-state index contributed by atoms with van der Waals surface area (Å²) in [6.45, 7) is 3.79.